The second-order valence-corrected chi connectivity index (χ2v) is 13.6. The first kappa shape index (κ1) is 30.9. The van der Waals surface area contributed by atoms with Crippen LogP contribution in [0.5, 0.6) is 5.75 Å². The topological polar surface area (TPSA) is 73.1 Å². The van der Waals surface area contributed by atoms with E-state index in [2.05, 4.69) is 45.1 Å². The van der Waals surface area contributed by atoms with Crippen molar-refractivity contribution in [3.8, 4) is 28.3 Å². The number of benzene rings is 2. The number of hydrogen-bond donors (Lipinski definition) is 2. The fraction of sp³-hybridized carbons (Fsp3) is 0.368. The predicted molar refractivity (Wildman–Crippen MR) is 181 cm³/mol. The van der Waals surface area contributed by atoms with Crippen LogP contribution < -0.4 is 4.74 Å². The molecule has 5 heterocycles. The first-order valence-electron chi connectivity index (χ1n) is 16.9. The van der Waals surface area contributed by atoms with E-state index >= 15 is 0 Å². The van der Waals surface area contributed by atoms with Gasteiger partial charge in [-0.15, -0.1) is 0 Å². The number of H-pyrrole nitrogens is 2. The van der Waals surface area contributed by atoms with Gasteiger partial charge in [0.1, 0.15) is 23.9 Å². The van der Waals surface area contributed by atoms with Crippen molar-refractivity contribution in [2.24, 2.45) is 5.92 Å². The van der Waals surface area contributed by atoms with Crippen molar-refractivity contribution in [3.05, 3.63) is 95.2 Å². The number of nitrogens with one attached hydrogen (secondary N) is 2. The smallest absolute Gasteiger partial charge is 0.261 e. The number of alkyl halides is 2. The van der Waals surface area contributed by atoms with Crippen molar-refractivity contribution in [2.75, 3.05) is 39.3 Å². The number of pyridine rings is 1. The van der Waals surface area contributed by atoms with E-state index in [1.54, 1.807) is 23.4 Å². The maximum absolute atomic E-state index is 14.9. The summed E-state index contributed by atoms with van der Waals surface area (Å²) in [6.45, 7) is 6.35. The third kappa shape index (κ3) is 6.39. The third-order valence-electron chi connectivity index (χ3n) is 9.83. The molecule has 2 aliphatic heterocycles. The summed E-state index contributed by atoms with van der Waals surface area (Å²) in [6.07, 6.45) is 8.96. The zero-order valence-electron chi connectivity index (χ0n) is 27.0. The van der Waals surface area contributed by atoms with Gasteiger partial charge in [0.25, 0.3) is 5.92 Å². The molecule has 1 unspecified atom stereocenters. The van der Waals surface area contributed by atoms with Crippen molar-refractivity contribution >= 4 is 16.5 Å². The molecule has 0 spiro atoms. The van der Waals surface area contributed by atoms with Crippen molar-refractivity contribution in [1.29, 1.82) is 0 Å². The van der Waals surface area contributed by atoms with E-state index in [1.165, 1.54) is 18.9 Å². The molecule has 2 aromatic carbocycles. The highest BCUT2D eigenvalue weighted by atomic mass is 19.3. The van der Waals surface area contributed by atoms with E-state index in [4.69, 9.17) is 9.84 Å². The number of ether oxygens (including phenoxy) is 1. The fourth-order valence-corrected chi connectivity index (χ4v) is 7.46. The van der Waals surface area contributed by atoms with Crippen LogP contribution in [0.3, 0.4) is 0 Å². The number of allylic oxidation sites excluding steroid dienone is 1. The van der Waals surface area contributed by atoms with Crippen LogP contribution in [0.1, 0.15) is 48.6 Å². The van der Waals surface area contributed by atoms with Crippen LogP contribution in [0, 0.1) is 11.7 Å². The molecule has 48 heavy (non-hydrogen) atoms. The molecule has 2 fully saturated rings. The van der Waals surface area contributed by atoms with Crippen LogP contribution in [0.2, 0.25) is 0 Å². The molecular formula is C38H39F3N6O. The van der Waals surface area contributed by atoms with E-state index in [9.17, 15) is 13.2 Å². The number of fused-ring (bicyclic) bond motifs is 2. The molecule has 10 heteroatoms. The largest absolute Gasteiger partial charge is 0.492 e. The van der Waals surface area contributed by atoms with Gasteiger partial charge in [-0.1, -0.05) is 19.1 Å². The number of aromatic nitrogens is 4. The van der Waals surface area contributed by atoms with Gasteiger partial charge in [-0.2, -0.15) is 5.10 Å². The first-order valence-corrected chi connectivity index (χ1v) is 16.9. The number of likely N-dealkylation sites (tertiary alicyclic amines) is 2. The summed E-state index contributed by atoms with van der Waals surface area (Å²) in [5, 5.41) is 8.83. The lowest BCUT2D eigenvalue weighted by molar-refractivity contribution is 0.0115. The zero-order chi connectivity index (χ0) is 32.8. The molecule has 7 nitrogen and oxygen atoms in total. The van der Waals surface area contributed by atoms with Crippen LogP contribution in [0.15, 0.2) is 67.0 Å². The molecule has 1 aliphatic carbocycles. The van der Waals surface area contributed by atoms with Gasteiger partial charge >= 0.3 is 0 Å². The fourth-order valence-electron chi connectivity index (χ4n) is 7.46. The average molecular weight is 653 g/mol. The molecule has 8 rings (SSSR count). The maximum atomic E-state index is 14.9. The SMILES string of the molecule is CC1C=C(c2cc(F)cc(OCCN3CCCC3)c2)c2cc(-c3n[nH]c4ccc(-c5cncc(CN6CCC(F)(F)C6)c5)cc34)[nH]c2C1. The Morgan fingerprint density at radius 2 is 1.83 bits per heavy atom. The Labute approximate surface area is 277 Å². The van der Waals surface area contributed by atoms with E-state index < -0.39 is 5.92 Å². The zero-order valence-corrected chi connectivity index (χ0v) is 27.0. The van der Waals surface area contributed by atoms with E-state index in [-0.39, 0.29) is 24.7 Å². The highest BCUT2D eigenvalue weighted by molar-refractivity contribution is 5.96. The highest BCUT2D eigenvalue weighted by Gasteiger charge is 2.38. The summed E-state index contributed by atoms with van der Waals surface area (Å²) in [5.41, 5.74) is 9.26. The van der Waals surface area contributed by atoms with E-state index in [0.29, 0.717) is 25.4 Å². The minimum atomic E-state index is -2.62. The Kier molecular flexibility index (Phi) is 8.08. The maximum Gasteiger partial charge on any atom is 0.261 e. The molecule has 5 aromatic rings. The average Bonchev–Trinajstić information content (AvgIpc) is 3.87. The van der Waals surface area contributed by atoms with Gasteiger partial charge in [-0.3, -0.25) is 19.9 Å². The van der Waals surface area contributed by atoms with Gasteiger partial charge in [0.2, 0.25) is 0 Å². The molecule has 0 bridgehead atoms. The van der Waals surface area contributed by atoms with Gasteiger partial charge in [0.15, 0.2) is 0 Å². The van der Waals surface area contributed by atoms with Crippen LogP contribution in [-0.2, 0) is 13.0 Å². The number of aromatic amines is 2. The second kappa shape index (κ2) is 12.6. The molecule has 0 radical (unpaired) electrons. The summed E-state index contributed by atoms with van der Waals surface area (Å²) in [5.74, 6) is -2.14. The second-order valence-electron chi connectivity index (χ2n) is 13.6. The van der Waals surface area contributed by atoms with Crippen LogP contribution in [0.25, 0.3) is 39.0 Å². The Bertz CT molecular complexity index is 1990. The van der Waals surface area contributed by atoms with Gasteiger partial charge in [0, 0.05) is 66.7 Å². The highest BCUT2D eigenvalue weighted by Crippen LogP contribution is 2.39. The molecule has 3 aliphatic rings. The molecular weight excluding hydrogens is 613 g/mol. The van der Waals surface area contributed by atoms with Crippen molar-refractivity contribution in [3.63, 3.8) is 0 Å². The molecule has 0 amide bonds. The number of rotatable bonds is 9. The molecule has 2 saturated heterocycles. The summed E-state index contributed by atoms with van der Waals surface area (Å²) < 4.78 is 48.5. The van der Waals surface area contributed by atoms with Gasteiger partial charge in [-0.25, -0.2) is 13.2 Å². The summed E-state index contributed by atoms with van der Waals surface area (Å²) in [4.78, 5) is 12.2. The number of hydrogen-bond acceptors (Lipinski definition) is 5. The molecule has 3 aromatic heterocycles. The standard InChI is InChI=1S/C38H39F3N6O/c1-24-12-31(27-15-29(39)18-30(16-27)48-11-10-46-7-2-3-8-46)32-19-36(43-35(32)13-24)37-33-17-26(4-5-34(33)44-45-37)28-14-25(20-42-21-28)22-47-9-6-38(40,41)23-47/h4-5,12,14-21,24,43H,2-3,6-11,13,22-23H2,1H3,(H,44,45). The van der Waals surface area contributed by atoms with Gasteiger partial charge < -0.3 is 9.72 Å². The third-order valence-corrected chi connectivity index (χ3v) is 9.83. The van der Waals surface area contributed by atoms with E-state index in [0.717, 1.165) is 87.4 Å². The predicted octanol–water partition coefficient (Wildman–Crippen LogP) is 7.70. The van der Waals surface area contributed by atoms with Crippen molar-refractivity contribution in [2.45, 2.75) is 45.1 Å². The summed E-state index contributed by atoms with van der Waals surface area (Å²) in [7, 11) is 0. The lowest BCUT2D eigenvalue weighted by atomic mass is 9.86. The van der Waals surface area contributed by atoms with Crippen molar-refractivity contribution in [1.82, 2.24) is 30.0 Å². The molecule has 2 N–H and O–H groups in total. The van der Waals surface area contributed by atoms with Crippen LogP contribution in [-0.4, -0.2) is 75.2 Å². The normalized spacial score (nSPS) is 19.6. The van der Waals surface area contributed by atoms with Crippen LogP contribution >= 0.6 is 0 Å². The van der Waals surface area contributed by atoms with Crippen LogP contribution in [0.4, 0.5) is 13.2 Å². The Morgan fingerprint density at radius 1 is 0.958 bits per heavy atom. The Balaban J connectivity index is 1.06. The summed E-state index contributed by atoms with van der Waals surface area (Å²) in [6, 6.07) is 15.3. The minimum absolute atomic E-state index is 0.102. The van der Waals surface area contributed by atoms with E-state index in [1.807, 2.05) is 24.3 Å². The van der Waals surface area contributed by atoms with Gasteiger partial charge in [-0.05, 0) is 96.9 Å². The Hall–Kier alpha value is -4.41. The molecule has 1 atom stereocenters. The molecule has 0 saturated carbocycles. The molecule has 248 valence electrons. The number of nitrogens with zero attached hydrogens (tertiary/aromatic N) is 4. The van der Waals surface area contributed by atoms with Gasteiger partial charge in [0.05, 0.1) is 17.8 Å². The number of halogens is 3. The monoisotopic (exact) mass is 652 g/mol. The summed E-state index contributed by atoms with van der Waals surface area (Å²) >= 11 is 0. The van der Waals surface area contributed by atoms with Crippen molar-refractivity contribution < 1.29 is 17.9 Å². The lowest BCUT2D eigenvalue weighted by Gasteiger charge is -2.20. The Morgan fingerprint density at radius 3 is 2.67 bits per heavy atom. The quantitative estimate of drug-likeness (QED) is 0.171. The lowest BCUT2D eigenvalue weighted by Crippen LogP contribution is -2.25. The first-order chi connectivity index (χ1) is 23.3. The minimum Gasteiger partial charge on any atom is -0.492 e.